The minimum Gasteiger partial charge on any atom is -0.504 e. The van der Waals surface area contributed by atoms with Gasteiger partial charge in [-0.05, 0) is 6.07 Å². The fraction of sp³-hybridized carbons (Fsp3) is 0.250. The summed E-state index contributed by atoms with van der Waals surface area (Å²) in [6.45, 7) is -0.489. The van der Waals surface area contributed by atoms with Crippen LogP contribution in [-0.2, 0) is 0 Å². The maximum atomic E-state index is 9.18. The van der Waals surface area contributed by atoms with Gasteiger partial charge < -0.3 is 20.4 Å². The van der Waals surface area contributed by atoms with Crippen LogP contribution in [0, 0.1) is 0 Å². The number of hydrogen-bond donors (Lipinski definition) is 4. The van der Waals surface area contributed by atoms with Crippen molar-refractivity contribution in [3.63, 3.8) is 0 Å². The summed E-state index contributed by atoms with van der Waals surface area (Å²) in [5, 5.41) is 35.9. The maximum absolute atomic E-state index is 9.18. The van der Waals surface area contributed by atoms with Crippen LogP contribution < -0.4 is 0 Å². The highest BCUT2D eigenvalue weighted by molar-refractivity contribution is 5.45. The molecular weight excluding hydrogens is 160 g/mol. The molecule has 1 atom stereocenters. The quantitative estimate of drug-likeness (QED) is 0.475. The topological polar surface area (TPSA) is 80.9 Å². The summed E-state index contributed by atoms with van der Waals surface area (Å²) in [5.41, 5.74) is 0.123. The van der Waals surface area contributed by atoms with E-state index in [1.54, 1.807) is 0 Å². The second kappa shape index (κ2) is 3.42. The van der Waals surface area contributed by atoms with Crippen LogP contribution >= 0.6 is 0 Å². The number of rotatable bonds is 2. The molecule has 0 heterocycles. The number of phenols is 2. The summed E-state index contributed by atoms with van der Waals surface area (Å²) in [7, 11) is 0. The molecule has 4 N–H and O–H groups in total. The van der Waals surface area contributed by atoms with E-state index in [-0.39, 0.29) is 17.1 Å². The molecule has 0 aliphatic carbocycles. The number of aliphatic hydroxyl groups excluding tert-OH is 2. The van der Waals surface area contributed by atoms with Crippen molar-refractivity contribution >= 4 is 0 Å². The zero-order valence-corrected chi connectivity index (χ0v) is 6.31. The van der Waals surface area contributed by atoms with Crippen molar-refractivity contribution in [2.75, 3.05) is 6.61 Å². The summed E-state index contributed by atoms with van der Waals surface area (Å²) in [5.74, 6) is -0.695. The van der Waals surface area contributed by atoms with Gasteiger partial charge in [-0.3, -0.25) is 0 Å². The van der Waals surface area contributed by atoms with E-state index < -0.39 is 12.7 Å². The molecule has 0 aliphatic rings. The summed E-state index contributed by atoms with van der Waals surface area (Å²) >= 11 is 0. The van der Waals surface area contributed by atoms with Crippen LogP contribution in [0.3, 0.4) is 0 Å². The molecule has 0 aliphatic heterocycles. The van der Waals surface area contributed by atoms with Crippen molar-refractivity contribution < 1.29 is 20.4 Å². The molecule has 0 aromatic heterocycles. The van der Waals surface area contributed by atoms with E-state index >= 15 is 0 Å². The highest BCUT2D eigenvalue weighted by atomic mass is 16.3. The van der Waals surface area contributed by atoms with Gasteiger partial charge >= 0.3 is 0 Å². The lowest BCUT2D eigenvalue weighted by Crippen LogP contribution is -2.02. The fourth-order valence-electron chi connectivity index (χ4n) is 0.916. The number of aromatic hydroxyl groups is 2. The number of phenolic OH excluding ortho intramolecular Hbond substituents is 2. The highest BCUT2D eigenvalue weighted by Gasteiger charge is 2.12. The fourth-order valence-corrected chi connectivity index (χ4v) is 0.916. The van der Waals surface area contributed by atoms with E-state index in [0.717, 1.165) is 0 Å². The lowest BCUT2D eigenvalue weighted by molar-refractivity contribution is 0.0931. The standard InChI is InChI=1S/C8H10O4/c9-4-7(11)5-2-1-3-6(10)8(5)12/h1-3,7,9-12H,4H2. The SMILES string of the molecule is OCC(O)c1cccc(O)c1O. The zero-order chi connectivity index (χ0) is 9.14. The average Bonchev–Trinajstić information content (AvgIpc) is 2.08. The molecule has 4 heteroatoms. The van der Waals surface area contributed by atoms with E-state index in [1.165, 1.54) is 18.2 Å². The Morgan fingerprint density at radius 3 is 2.50 bits per heavy atom. The van der Waals surface area contributed by atoms with E-state index in [4.69, 9.17) is 15.3 Å². The largest absolute Gasteiger partial charge is 0.504 e. The monoisotopic (exact) mass is 170 g/mol. The Morgan fingerprint density at radius 1 is 1.25 bits per heavy atom. The van der Waals surface area contributed by atoms with E-state index in [9.17, 15) is 5.11 Å². The second-order valence-corrected chi connectivity index (χ2v) is 2.41. The van der Waals surface area contributed by atoms with Crippen molar-refractivity contribution in [2.24, 2.45) is 0 Å². The van der Waals surface area contributed by atoms with Gasteiger partial charge in [0, 0.05) is 5.56 Å². The van der Waals surface area contributed by atoms with Crippen molar-refractivity contribution in [1.29, 1.82) is 0 Å². The summed E-state index contributed by atoms with van der Waals surface area (Å²) < 4.78 is 0. The molecule has 0 bridgehead atoms. The summed E-state index contributed by atoms with van der Waals surface area (Å²) in [4.78, 5) is 0. The van der Waals surface area contributed by atoms with Gasteiger partial charge in [0.1, 0.15) is 6.10 Å². The predicted molar refractivity (Wildman–Crippen MR) is 41.8 cm³/mol. The molecule has 0 saturated carbocycles. The van der Waals surface area contributed by atoms with E-state index in [1.807, 2.05) is 0 Å². The molecule has 0 spiro atoms. The van der Waals surface area contributed by atoms with Gasteiger partial charge in [-0.25, -0.2) is 0 Å². The second-order valence-electron chi connectivity index (χ2n) is 2.41. The first-order chi connectivity index (χ1) is 5.66. The van der Waals surface area contributed by atoms with Crippen LogP contribution in [0.4, 0.5) is 0 Å². The van der Waals surface area contributed by atoms with Crippen LogP contribution in [0.1, 0.15) is 11.7 Å². The molecule has 0 fully saturated rings. The Bertz CT molecular complexity index is 272. The minimum atomic E-state index is -1.16. The Hall–Kier alpha value is -1.26. The first kappa shape index (κ1) is 8.83. The van der Waals surface area contributed by atoms with Crippen molar-refractivity contribution in [1.82, 2.24) is 0 Å². The molecule has 1 aromatic rings. The van der Waals surface area contributed by atoms with Crippen molar-refractivity contribution in [2.45, 2.75) is 6.10 Å². The molecule has 0 saturated heterocycles. The van der Waals surface area contributed by atoms with Crippen LogP contribution in [-0.4, -0.2) is 27.0 Å². The molecule has 1 unspecified atom stereocenters. The van der Waals surface area contributed by atoms with Gasteiger partial charge in [0.05, 0.1) is 6.61 Å². The van der Waals surface area contributed by atoms with Gasteiger partial charge in [-0.15, -0.1) is 0 Å². The molecule has 0 amide bonds. The molecule has 4 nitrogen and oxygen atoms in total. The molecule has 1 aromatic carbocycles. The van der Waals surface area contributed by atoms with Gasteiger partial charge in [-0.2, -0.15) is 0 Å². The zero-order valence-electron chi connectivity index (χ0n) is 6.31. The Balaban J connectivity index is 3.07. The smallest absolute Gasteiger partial charge is 0.163 e. The summed E-state index contributed by atoms with van der Waals surface area (Å²) in [6, 6.07) is 4.20. The predicted octanol–water partition coefficient (Wildman–Crippen LogP) is 0.123. The van der Waals surface area contributed by atoms with E-state index in [0.29, 0.717) is 0 Å². The third kappa shape index (κ3) is 1.49. The third-order valence-electron chi connectivity index (χ3n) is 1.58. The number of aliphatic hydroxyl groups is 2. The molecule has 1 rings (SSSR count). The Labute approximate surface area is 69.3 Å². The van der Waals surface area contributed by atoms with Gasteiger partial charge in [0.15, 0.2) is 11.5 Å². The molecular formula is C8H10O4. The van der Waals surface area contributed by atoms with Crippen LogP contribution in [0.2, 0.25) is 0 Å². The average molecular weight is 170 g/mol. The van der Waals surface area contributed by atoms with Gasteiger partial charge in [-0.1, -0.05) is 12.1 Å². The molecule has 0 radical (unpaired) electrons. The molecule has 12 heavy (non-hydrogen) atoms. The normalized spacial score (nSPS) is 12.8. The lowest BCUT2D eigenvalue weighted by Gasteiger charge is -2.09. The summed E-state index contributed by atoms with van der Waals surface area (Å²) in [6.07, 6.45) is -1.16. The Morgan fingerprint density at radius 2 is 1.92 bits per heavy atom. The third-order valence-corrected chi connectivity index (χ3v) is 1.58. The van der Waals surface area contributed by atoms with Crippen LogP contribution in [0.15, 0.2) is 18.2 Å². The minimum absolute atomic E-state index is 0.123. The van der Waals surface area contributed by atoms with Crippen molar-refractivity contribution in [3.05, 3.63) is 23.8 Å². The van der Waals surface area contributed by atoms with Crippen molar-refractivity contribution in [3.8, 4) is 11.5 Å². The maximum Gasteiger partial charge on any atom is 0.163 e. The number of para-hydroxylation sites is 1. The van der Waals surface area contributed by atoms with Gasteiger partial charge in [0.25, 0.3) is 0 Å². The lowest BCUT2D eigenvalue weighted by atomic mass is 10.1. The Kier molecular flexibility index (Phi) is 2.52. The first-order valence-corrected chi connectivity index (χ1v) is 3.46. The van der Waals surface area contributed by atoms with E-state index in [2.05, 4.69) is 0 Å². The molecule has 66 valence electrons. The highest BCUT2D eigenvalue weighted by Crippen LogP contribution is 2.31. The number of benzene rings is 1. The number of hydrogen-bond acceptors (Lipinski definition) is 4. The van der Waals surface area contributed by atoms with Crippen LogP contribution in [0.25, 0.3) is 0 Å². The van der Waals surface area contributed by atoms with Crippen LogP contribution in [0.5, 0.6) is 11.5 Å². The first-order valence-electron chi connectivity index (χ1n) is 3.46. The van der Waals surface area contributed by atoms with Gasteiger partial charge in [0.2, 0.25) is 0 Å².